The number of alkyl halides is 1. The molecule has 4 nitrogen and oxygen atoms in total. The average Bonchev–Trinajstić information content (AvgIpc) is 2.55. The number of carboxylic acid groups (broad SMARTS) is 1. The zero-order valence-corrected chi connectivity index (χ0v) is 13.0. The number of para-hydroxylation sites is 1. The van der Waals surface area contributed by atoms with E-state index in [1.165, 1.54) is 6.07 Å². The maximum atomic E-state index is 12.6. The Morgan fingerprint density at radius 2 is 1.82 bits per heavy atom. The van der Waals surface area contributed by atoms with Gasteiger partial charge in [0.05, 0.1) is 10.9 Å². The lowest BCUT2D eigenvalue weighted by atomic mass is 10.0. The number of carbonyl (C=O) groups is 1. The Morgan fingerprint density at radius 3 is 2.45 bits per heavy atom. The molecule has 0 aliphatic rings. The van der Waals surface area contributed by atoms with Crippen molar-refractivity contribution >= 4 is 32.9 Å². The molecular formula is C17H11BrO4. The van der Waals surface area contributed by atoms with Gasteiger partial charge >= 0.3 is 5.97 Å². The fourth-order valence-corrected chi connectivity index (χ4v) is 2.88. The fraction of sp³-hybridized carbons (Fsp3) is 0.0588. The van der Waals surface area contributed by atoms with Crippen LogP contribution < -0.4 is 5.43 Å². The van der Waals surface area contributed by atoms with Gasteiger partial charge in [0.15, 0.2) is 11.0 Å². The van der Waals surface area contributed by atoms with Crippen molar-refractivity contribution < 1.29 is 14.3 Å². The highest BCUT2D eigenvalue weighted by Crippen LogP contribution is 2.28. The highest BCUT2D eigenvalue weighted by molar-refractivity contribution is 9.08. The third kappa shape index (κ3) is 2.33. The highest BCUT2D eigenvalue weighted by atomic mass is 79.9. The van der Waals surface area contributed by atoms with E-state index >= 15 is 0 Å². The van der Waals surface area contributed by atoms with E-state index in [-0.39, 0.29) is 22.0 Å². The normalized spacial score (nSPS) is 10.8. The minimum Gasteiger partial charge on any atom is -0.478 e. The molecule has 2 aromatic carbocycles. The van der Waals surface area contributed by atoms with E-state index in [9.17, 15) is 14.7 Å². The molecule has 0 saturated heterocycles. The van der Waals surface area contributed by atoms with Gasteiger partial charge in [-0.15, -0.1) is 0 Å². The summed E-state index contributed by atoms with van der Waals surface area (Å²) in [5.41, 5.74) is 1.06. The Morgan fingerprint density at radius 1 is 1.09 bits per heavy atom. The third-order valence-electron chi connectivity index (χ3n) is 3.41. The molecule has 0 saturated carbocycles. The second-order valence-corrected chi connectivity index (χ2v) is 5.29. The van der Waals surface area contributed by atoms with Gasteiger partial charge in [-0.05, 0) is 12.1 Å². The van der Waals surface area contributed by atoms with Gasteiger partial charge in [-0.3, -0.25) is 4.79 Å². The second kappa shape index (κ2) is 5.77. The van der Waals surface area contributed by atoms with Crippen molar-refractivity contribution in [3.63, 3.8) is 0 Å². The number of hydrogen-bond donors (Lipinski definition) is 1. The van der Waals surface area contributed by atoms with Crippen LogP contribution in [0.25, 0.3) is 22.3 Å². The molecule has 1 aromatic heterocycles. The van der Waals surface area contributed by atoms with E-state index < -0.39 is 5.97 Å². The van der Waals surface area contributed by atoms with E-state index in [4.69, 9.17) is 4.42 Å². The molecule has 0 radical (unpaired) electrons. The predicted octanol–water partition coefficient (Wildman–Crippen LogP) is 4.05. The molecule has 5 heteroatoms. The molecule has 0 aliphatic carbocycles. The van der Waals surface area contributed by atoms with Crippen LogP contribution in [0.15, 0.2) is 57.7 Å². The summed E-state index contributed by atoms with van der Waals surface area (Å²) in [4.78, 5) is 24.0. The van der Waals surface area contributed by atoms with Crippen LogP contribution in [0.2, 0.25) is 0 Å². The Bertz CT molecular complexity index is 913. The van der Waals surface area contributed by atoms with Crippen LogP contribution in [0.3, 0.4) is 0 Å². The first-order chi connectivity index (χ1) is 10.6. The maximum Gasteiger partial charge on any atom is 0.339 e. The number of aromatic carboxylic acids is 1. The van der Waals surface area contributed by atoms with Gasteiger partial charge < -0.3 is 9.52 Å². The van der Waals surface area contributed by atoms with Crippen molar-refractivity contribution in [3.05, 3.63) is 69.9 Å². The lowest BCUT2D eigenvalue weighted by Crippen LogP contribution is -2.11. The average molecular weight is 359 g/mol. The number of rotatable bonds is 3. The van der Waals surface area contributed by atoms with Gasteiger partial charge in [0, 0.05) is 10.9 Å². The summed E-state index contributed by atoms with van der Waals surface area (Å²) >= 11 is 3.31. The first-order valence-corrected chi connectivity index (χ1v) is 7.69. The van der Waals surface area contributed by atoms with Gasteiger partial charge in [-0.2, -0.15) is 0 Å². The van der Waals surface area contributed by atoms with Crippen molar-refractivity contribution in [2.45, 2.75) is 5.33 Å². The van der Waals surface area contributed by atoms with Crippen LogP contribution in [0, 0.1) is 0 Å². The zero-order valence-electron chi connectivity index (χ0n) is 11.4. The van der Waals surface area contributed by atoms with Crippen LogP contribution in [0.5, 0.6) is 0 Å². The Hall–Kier alpha value is -2.40. The summed E-state index contributed by atoms with van der Waals surface area (Å²) in [6.07, 6.45) is 0. The van der Waals surface area contributed by atoms with Crippen LogP contribution >= 0.6 is 15.9 Å². The van der Waals surface area contributed by atoms with E-state index in [1.54, 1.807) is 12.1 Å². The van der Waals surface area contributed by atoms with Crippen molar-refractivity contribution in [2.75, 3.05) is 0 Å². The molecule has 110 valence electrons. The maximum absolute atomic E-state index is 12.6. The molecule has 0 amide bonds. The number of fused-ring (bicyclic) bond motifs is 1. The zero-order chi connectivity index (χ0) is 15.7. The lowest BCUT2D eigenvalue weighted by Gasteiger charge is -2.09. The molecule has 0 fully saturated rings. The molecular weight excluding hydrogens is 348 g/mol. The number of halogens is 1. The third-order valence-corrected chi connectivity index (χ3v) is 3.97. The van der Waals surface area contributed by atoms with Crippen molar-refractivity contribution in [1.29, 1.82) is 0 Å². The molecule has 1 heterocycles. The van der Waals surface area contributed by atoms with Crippen LogP contribution in [0.4, 0.5) is 0 Å². The summed E-state index contributed by atoms with van der Waals surface area (Å²) in [7, 11) is 0. The predicted molar refractivity (Wildman–Crippen MR) is 87.5 cm³/mol. The quantitative estimate of drug-likeness (QED) is 0.717. The highest BCUT2D eigenvalue weighted by Gasteiger charge is 2.19. The molecule has 3 rings (SSSR count). The van der Waals surface area contributed by atoms with Crippen LogP contribution in [0.1, 0.15) is 15.9 Å². The minimum atomic E-state index is -1.13. The van der Waals surface area contributed by atoms with Gasteiger partial charge in [0.1, 0.15) is 11.3 Å². The van der Waals surface area contributed by atoms with E-state index in [0.717, 1.165) is 5.56 Å². The van der Waals surface area contributed by atoms with E-state index in [1.807, 2.05) is 30.3 Å². The largest absolute Gasteiger partial charge is 0.478 e. The van der Waals surface area contributed by atoms with Gasteiger partial charge in [-0.25, -0.2) is 4.79 Å². The first kappa shape index (κ1) is 14.5. The summed E-state index contributed by atoms with van der Waals surface area (Å²) in [6, 6.07) is 13.7. The fourth-order valence-electron chi connectivity index (χ4n) is 2.37. The van der Waals surface area contributed by atoms with Crippen LogP contribution in [-0.2, 0) is 5.33 Å². The minimum absolute atomic E-state index is 0.0205. The Kier molecular flexibility index (Phi) is 3.81. The molecule has 0 bridgehead atoms. The molecule has 22 heavy (non-hydrogen) atoms. The summed E-state index contributed by atoms with van der Waals surface area (Å²) in [5, 5.41) is 9.89. The van der Waals surface area contributed by atoms with Crippen LogP contribution in [-0.4, -0.2) is 11.1 Å². The Balaban J connectivity index is 2.45. The van der Waals surface area contributed by atoms with E-state index in [0.29, 0.717) is 16.7 Å². The summed E-state index contributed by atoms with van der Waals surface area (Å²) in [6.45, 7) is 0. The second-order valence-electron chi connectivity index (χ2n) is 4.73. The lowest BCUT2D eigenvalue weighted by molar-refractivity contribution is 0.0698. The van der Waals surface area contributed by atoms with Gasteiger partial charge in [-0.1, -0.05) is 52.3 Å². The first-order valence-electron chi connectivity index (χ1n) is 6.57. The van der Waals surface area contributed by atoms with Crippen molar-refractivity contribution in [2.24, 2.45) is 0 Å². The number of benzene rings is 2. The molecule has 1 N–H and O–H groups in total. The SMILES string of the molecule is O=C(O)c1cccc2c(=O)c(CBr)c(-c3ccccc3)oc12. The molecule has 0 unspecified atom stereocenters. The van der Waals surface area contributed by atoms with Gasteiger partial charge in [0.25, 0.3) is 0 Å². The number of hydrogen-bond acceptors (Lipinski definition) is 3. The number of carboxylic acids is 1. The van der Waals surface area contributed by atoms with Crippen molar-refractivity contribution in [1.82, 2.24) is 0 Å². The molecule has 0 aliphatic heterocycles. The van der Waals surface area contributed by atoms with E-state index in [2.05, 4.69) is 15.9 Å². The molecule has 3 aromatic rings. The standard InChI is InChI=1S/C17H11BrO4/c18-9-13-14(19)11-7-4-8-12(17(20)21)16(11)22-15(13)10-5-2-1-3-6-10/h1-8H,9H2,(H,20,21). The summed E-state index contributed by atoms with van der Waals surface area (Å²) in [5.74, 6) is -0.733. The topological polar surface area (TPSA) is 67.5 Å². The van der Waals surface area contributed by atoms with Crippen molar-refractivity contribution in [3.8, 4) is 11.3 Å². The monoisotopic (exact) mass is 358 g/mol. The summed E-state index contributed by atoms with van der Waals surface area (Å²) < 4.78 is 5.83. The Labute approximate surface area is 134 Å². The molecule has 0 atom stereocenters. The smallest absolute Gasteiger partial charge is 0.339 e. The van der Waals surface area contributed by atoms with Gasteiger partial charge in [0.2, 0.25) is 0 Å². The molecule has 0 spiro atoms.